The van der Waals surface area contributed by atoms with E-state index >= 15 is 0 Å². The van der Waals surface area contributed by atoms with Crippen LogP contribution in [0.1, 0.15) is 12.0 Å². The number of anilines is 4. The van der Waals surface area contributed by atoms with Gasteiger partial charge in [-0.2, -0.15) is 13.2 Å². The summed E-state index contributed by atoms with van der Waals surface area (Å²) in [6, 6.07) is 3.01. The van der Waals surface area contributed by atoms with E-state index in [-0.39, 0.29) is 22.2 Å². The van der Waals surface area contributed by atoms with Gasteiger partial charge < -0.3 is 21.1 Å². The molecule has 11 heteroatoms. The number of alkyl halides is 3. The number of nitrogens with two attached hydrogens (primary N) is 1. The van der Waals surface area contributed by atoms with Crippen LogP contribution in [-0.4, -0.2) is 54.3 Å². The summed E-state index contributed by atoms with van der Waals surface area (Å²) in [5, 5.41) is 6.03. The normalized spacial score (nSPS) is 15.3. The fraction of sp³-hybridized carbons (Fsp3) is 0.444. The van der Waals surface area contributed by atoms with Crippen LogP contribution in [0.25, 0.3) is 0 Å². The van der Waals surface area contributed by atoms with Gasteiger partial charge in [-0.15, -0.1) is 0 Å². The van der Waals surface area contributed by atoms with Crippen LogP contribution in [0, 0.1) is 0 Å². The third-order valence-corrected chi connectivity index (χ3v) is 4.81. The predicted molar refractivity (Wildman–Crippen MR) is 107 cm³/mol. The molecule has 158 valence electrons. The zero-order chi connectivity index (χ0) is 20.9. The first-order valence-corrected chi connectivity index (χ1v) is 9.50. The van der Waals surface area contributed by atoms with Crippen molar-refractivity contribution >= 4 is 34.6 Å². The quantitative estimate of drug-likeness (QED) is 0.578. The highest BCUT2D eigenvalue weighted by Crippen LogP contribution is 2.36. The van der Waals surface area contributed by atoms with Crippen molar-refractivity contribution in [1.82, 2.24) is 14.9 Å². The van der Waals surface area contributed by atoms with E-state index < -0.39 is 11.7 Å². The molecule has 4 N–H and O–H groups in total. The second kappa shape index (κ2) is 9.47. The van der Waals surface area contributed by atoms with Crippen LogP contribution < -0.4 is 16.4 Å². The monoisotopic (exact) mass is 430 g/mol. The molecule has 0 saturated carbocycles. The zero-order valence-electron chi connectivity index (χ0n) is 15.6. The minimum Gasteiger partial charge on any atom is -0.393 e. The van der Waals surface area contributed by atoms with Gasteiger partial charge >= 0.3 is 6.18 Å². The first kappa shape index (κ1) is 21.4. The Morgan fingerprint density at radius 2 is 1.90 bits per heavy atom. The smallest absolute Gasteiger partial charge is 0.393 e. The summed E-state index contributed by atoms with van der Waals surface area (Å²) in [6.07, 6.45) is -2.32. The maximum absolute atomic E-state index is 12.9. The van der Waals surface area contributed by atoms with E-state index in [1.807, 2.05) is 0 Å². The average molecular weight is 431 g/mol. The molecule has 0 bridgehead atoms. The molecule has 1 aromatic carbocycles. The third kappa shape index (κ3) is 5.84. The van der Waals surface area contributed by atoms with Crippen molar-refractivity contribution in [3.05, 3.63) is 35.1 Å². The van der Waals surface area contributed by atoms with Crippen LogP contribution >= 0.6 is 11.6 Å². The Hall–Kier alpha value is -2.30. The van der Waals surface area contributed by atoms with Crippen LogP contribution in [0.4, 0.5) is 36.2 Å². The molecule has 1 aliphatic rings. The summed E-state index contributed by atoms with van der Waals surface area (Å²) < 4.78 is 44.2. The third-order valence-electron chi connectivity index (χ3n) is 4.48. The molecular formula is C18H22ClF3N6O. The summed E-state index contributed by atoms with van der Waals surface area (Å²) >= 11 is 6.02. The van der Waals surface area contributed by atoms with Crippen LogP contribution in [-0.2, 0) is 10.9 Å². The first-order chi connectivity index (χ1) is 13.8. The molecular weight excluding hydrogens is 409 g/mol. The topological polar surface area (TPSA) is 88.3 Å². The lowest BCUT2D eigenvalue weighted by molar-refractivity contribution is -0.137. The fourth-order valence-corrected chi connectivity index (χ4v) is 3.06. The molecule has 0 atom stereocenters. The number of nitrogen functional groups attached to an aromatic ring is 1. The summed E-state index contributed by atoms with van der Waals surface area (Å²) in [6.45, 7) is 4.90. The van der Waals surface area contributed by atoms with Crippen molar-refractivity contribution < 1.29 is 17.9 Å². The van der Waals surface area contributed by atoms with Crippen LogP contribution in [0.5, 0.6) is 0 Å². The Kier molecular flexibility index (Phi) is 6.99. The average Bonchev–Trinajstić information content (AvgIpc) is 2.69. The van der Waals surface area contributed by atoms with Gasteiger partial charge in [0, 0.05) is 19.6 Å². The number of nitrogens with one attached hydrogen (secondary N) is 2. The van der Waals surface area contributed by atoms with Crippen LogP contribution in [0.15, 0.2) is 24.5 Å². The largest absolute Gasteiger partial charge is 0.416 e. The maximum Gasteiger partial charge on any atom is 0.416 e. The summed E-state index contributed by atoms with van der Waals surface area (Å²) in [7, 11) is 0. The van der Waals surface area contributed by atoms with Crippen molar-refractivity contribution in [2.75, 3.05) is 55.8 Å². The summed E-state index contributed by atoms with van der Waals surface area (Å²) in [5.74, 6) is 0.587. The molecule has 0 radical (unpaired) electrons. The van der Waals surface area contributed by atoms with Gasteiger partial charge in [0.15, 0.2) is 11.6 Å². The van der Waals surface area contributed by atoms with Gasteiger partial charge in [-0.1, -0.05) is 11.6 Å². The van der Waals surface area contributed by atoms with Gasteiger partial charge in [0.25, 0.3) is 0 Å². The molecule has 3 rings (SSSR count). The molecule has 1 fully saturated rings. The number of morpholine rings is 1. The predicted octanol–water partition coefficient (Wildman–Crippen LogP) is 3.61. The minimum absolute atomic E-state index is 0.0603. The number of halogens is 4. The molecule has 1 aromatic heterocycles. The number of ether oxygens (including phenoxy) is 1. The molecule has 1 aliphatic heterocycles. The van der Waals surface area contributed by atoms with Crippen molar-refractivity contribution in [2.24, 2.45) is 0 Å². The fourth-order valence-electron chi connectivity index (χ4n) is 2.90. The first-order valence-electron chi connectivity index (χ1n) is 9.13. The van der Waals surface area contributed by atoms with E-state index in [0.29, 0.717) is 12.4 Å². The highest BCUT2D eigenvalue weighted by Gasteiger charge is 2.31. The van der Waals surface area contributed by atoms with E-state index in [2.05, 4.69) is 25.5 Å². The number of hydrogen-bond donors (Lipinski definition) is 3. The second-order valence-electron chi connectivity index (χ2n) is 6.54. The van der Waals surface area contributed by atoms with E-state index in [0.717, 1.165) is 51.4 Å². The zero-order valence-corrected chi connectivity index (χ0v) is 16.4. The van der Waals surface area contributed by atoms with E-state index in [1.165, 1.54) is 12.4 Å². The molecule has 0 aliphatic carbocycles. The van der Waals surface area contributed by atoms with Gasteiger partial charge in [-0.3, -0.25) is 4.90 Å². The summed E-state index contributed by atoms with van der Waals surface area (Å²) in [5.41, 5.74) is 5.53. The van der Waals surface area contributed by atoms with Crippen LogP contribution in [0.2, 0.25) is 5.02 Å². The van der Waals surface area contributed by atoms with Crippen molar-refractivity contribution in [1.29, 1.82) is 0 Å². The molecule has 0 amide bonds. The molecule has 1 saturated heterocycles. The molecule has 2 heterocycles. The van der Waals surface area contributed by atoms with Crippen LogP contribution in [0.3, 0.4) is 0 Å². The molecule has 29 heavy (non-hydrogen) atoms. The molecule has 0 unspecified atom stereocenters. The lowest BCUT2D eigenvalue weighted by atomic mass is 10.2. The Morgan fingerprint density at radius 3 is 2.62 bits per heavy atom. The van der Waals surface area contributed by atoms with Crippen molar-refractivity contribution in [3.63, 3.8) is 0 Å². The molecule has 0 spiro atoms. The van der Waals surface area contributed by atoms with E-state index in [1.54, 1.807) is 0 Å². The number of hydrogen-bond acceptors (Lipinski definition) is 7. The Balaban J connectivity index is 1.63. The lowest BCUT2D eigenvalue weighted by Crippen LogP contribution is -2.37. The van der Waals surface area contributed by atoms with Crippen molar-refractivity contribution in [2.45, 2.75) is 12.6 Å². The summed E-state index contributed by atoms with van der Waals surface area (Å²) in [4.78, 5) is 10.4. The van der Waals surface area contributed by atoms with E-state index in [4.69, 9.17) is 22.1 Å². The van der Waals surface area contributed by atoms with Gasteiger partial charge in [0.1, 0.15) is 12.0 Å². The van der Waals surface area contributed by atoms with Gasteiger partial charge in [0.05, 0.1) is 29.5 Å². The second-order valence-corrected chi connectivity index (χ2v) is 6.94. The minimum atomic E-state index is -4.48. The van der Waals surface area contributed by atoms with Gasteiger partial charge in [-0.25, -0.2) is 9.97 Å². The van der Waals surface area contributed by atoms with Gasteiger partial charge in [0.2, 0.25) is 0 Å². The Morgan fingerprint density at radius 1 is 1.17 bits per heavy atom. The van der Waals surface area contributed by atoms with E-state index in [9.17, 15) is 13.2 Å². The molecule has 7 nitrogen and oxygen atoms in total. The Bertz CT molecular complexity index is 830. The number of nitrogens with zero attached hydrogens (tertiary/aromatic N) is 3. The lowest BCUT2D eigenvalue weighted by Gasteiger charge is -2.26. The highest BCUT2D eigenvalue weighted by atomic mass is 35.5. The maximum atomic E-state index is 12.9. The number of benzene rings is 1. The Labute approximate surface area is 171 Å². The number of aromatic nitrogens is 2. The van der Waals surface area contributed by atoms with Gasteiger partial charge in [-0.05, 0) is 31.2 Å². The SMILES string of the molecule is Nc1c(NCCCN2CCOCC2)ncnc1Nc1cc(C(F)(F)F)ccc1Cl. The standard InChI is InChI=1S/C18H22ClF3N6O/c19-13-3-2-12(18(20,21)22)10-14(13)27-17-15(23)16(25-11-26-17)24-4-1-5-28-6-8-29-9-7-28/h2-3,10-11H,1,4-9,23H2,(H2,24,25,26,27). The number of rotatable bonds is 7. The van der Waals surface area contributed by atoms with Crippen molar-refractivity contribution in [3.8, 4) is 0 Å². The molecule has 2 aromatic rings. The highest BCUT2D eigenvalue weighted by molar-refractivity contribution is 6.33.